The summed E-state index contributed by atoms with van der Waals surface area (Å²) in [5, 5.41) is 5.44. The number of aromatic nitrogens is 1. The van der Waals surface area contributed by atoms with E-state index < -0.39 is 5.91 Å². The second-order valence-corrected chi connectivity index (χ2v) is 5.37. The van der Waals surface area contributed by atoms with Gasteiger partial charge in [-0.1, -0.05) is 12.1 Å². The summed E-state index contributed by atoms with van der Waals surface area (Å²) in [6.07, 6.45) is 1.42. The number of carbonyl (C=O) groups excluding carboxylic acids is 2. The van der Waals surface area contributed by atoms with Gasteiger partial charge in [-0.05, 0) is 43.7 Å². The normalized spacial score (nSPS) is 10.4. The molecule has 2 amide bonds. The number of carbonyl (C=O) groups is 2. The minimum atomic E-state index is -0.395. The van der Waals surface area contributed by atoms with Gasteiger partial charge in [-0.25, -0.2) is 4.39 Å². The molecule has 23 heavy (non-hydrogen) atoms. The van der Waals surface area contributed by atoms with Crippen LogP contribution in [0.25, 0.3) is 0 Å². The number of nitrogens with one attached hydrogen (secondary N) is 2. The van der Waals surface area contributed by atoms with Gasteiger partial charge in [0.2, 0.25) is 0 Å². The average molecular weight is 315 g/mol. The van der Waals surface area contributed by atoms with Crippen LogP contribution in [0.5, 0.6) is 0 Å². The molecule has 1 aromatic carbocycles. The lowest BCUT2D eigenvalue weighted by molar-refractivity contribution is 0.0943. The van der Waals surface area contributed by atoms with Gasteiger partial charge in [0, 0.05) is 24.3 Å². The second-order valence-electron chi connectivity index (χ2n) is 5.37. The molecule has 0 atom stereocenters. The lowest BCUT2D eigenvalue weighted by Crippen LogP contribution is -2.30. The lowest BCUT2D eigenvalue weighted by atomic mass is 10.2. The molecule has 1 aromatic heterocycles. The third-order valence-electron chi connectivity index (χ3n) is 3.04. The maximum atomic E-state index is 12.8. The number of amides is 2. The summed E-state index contributed by atoms with van der Waals surface area (Å²) < 4.78 is 12.8. The van der Waals surface area contributed by atoms with Gasteiger partial charge in [0.15, 0.2) is 0 Å². The molecule has 120 valence electrons. The van der Waals surface area contributed by atoms with E-state index in [9.17, 15) is 14.0 Å². The fourth-order valence-corrected chi connectivity index (χ4v) is 1.92. The Morgan fingerprint density at radius 2 is 1.83 bits per heavy atom. The van der Waals surface area contributed by atoms with E-state index in [1.165, 1.54) is 24.4 Å². The number of pyridine rings is 1. The van der Waals surface area contributed by atoms with E-state index in [-0.39, 0.29) is 30.0 Å². The Labute approximate surface area is 133 Å². The van der Waals surface area contributed by atoms with Gasteiger partial charge in [-0.15, -0.1) is 0 Å². The molecule has 2 rings (SSSR count). The topological polar surface area (TPSA) is 71.1 Å². The molecule has 0 aliphatic carbocycles. The minimum absolute atomic E-state index is 0.00594. The molecule has 2 aromatic rings. The van der Waals surface area contributed by atoms with Crippen molar-refractivity contribution in [3.8, 4) is 0 Å². The summed E-state index contributed by atoms with van der Waals surface area (Å²) in [6, 6.07) is 8.84. The number of rotatable bonds is 5. The first-order valence-electron chi connectivity index (χ1n) is 7.25. The molecule has 0 saturated heterocycles. The SMILES string of the molecule is CC(C)NC(=O)c1ccnc(C(=O)NCc2ccc(F)cc2)c1. The third-order valence-corrected chi connectivity index (χ3v) is 3.04. The lowest BCUT2D eigenvalue weighted by Gasteiger charge is -2.09. The average Bonchev–Trinajstić information content (AvgIpc) is 2.53. The Morgan fingerprint density at radius 3 is 2.48 bits per heavy atom. The maximum Gasteiger partial charge on any atom is 0.270 e. The predicted molar refractivity (Wildman–Crippen MR) is 84.4 cm³/mol. The van der Waals surface area contributed by atoms with Crippen molar-refractivity contribution in [1.82, 2.24) is 15.6 Å². The Kier molecular flexibility index (Phi) is 5.41. The van der Waals surface area contributed by atoms with Crippen molar-refractivity contribution < 1.29 is 14.0 Å². The van der Waals surface area contributed by atoms with Gasteiger partial charge in [0.05, 0.1) is 0 Å². The van der Waals surface area contributed by atoms with Crippen LogP contribution in [0.4, 0.5) is 4.39 Å². The number of hydrogen-bond acceptors (Lipinski definition) is 3. The second kappa shape index (κ2) is 7.49. The predicted octanol–water partition coefficient (Wildman–Crippen LogP) is 2.29. The molecule has 0 unspecified atom stereocenters. The summed E-state index contributed by atoms with van der Waals surface area (Å²) in [7, 11) is 0. The van der Waals surface area contributed by atoms with Crippen molar-refractivity contribution in [3.63, 3.8) is 0 Å². The molecule has 0 saturated carbocycles. The Bertz CT molecular complexity index is 699. The van der Waals surface area contributed by atoms with E-state index in [0.717, 1.165) is 5.56 Å². The van der Waals surface area contributed by atoms with Crippen LogP contribution < -0.4 is 10.6 Å². The fourth-order valence-electron chi connectivity index (χ4n) is 1.92. The Morgan fingerprint density at radius 1 is 1.13 bits per heavy atom. The zero-order chi connectivity index (χ0) is 16.8. The molecule has 2 N–H and O–H groups in total. The van der Waals surface area contributed by atoms with Gasteiger partial charge < -0.3 is 10.6 Å². The van der Waals surface area contributed by atoms with Crippen LogP contribution >= 0.6 is 0 Å². The maximum absolute atomic E-state index is 12.8. The zero-order valence-electron chi connectivity index (χ0n) is 13.0. The minimum Gasteiger partial charge on any atom is -0.350 e. The molecule has 0 spiro atoms. The number of benzene rings is 1. The van der Waals surface area contributed by atoms with Crippen LogP contribution in [-0.4, -0.2) is 22.8 Å². The molecular formula is C17H18FN3O2. The molecule has 5 nitrogen and oxygen atoms in total. The van der Waals surface area contributed by atoms with Crippen molar-refractivity contribution in [2.45, 2.75) is 26.4 Å². The van der Waals surface area contributed by atoms with E-state index in [2.05, 4.69) is 15.6 Å². The molecule has 0 fully saturated rings. The van der Waals surface area contributed by atoms with Crippen molar-refractivity contribution in [3.05, 3.63) is 65.2 Å². The number of nitrogens with zero attached hydrogens (tertiary/aromatic N) is 1. The first kappa shape index (κ1) is 16.6. The van der Waals surface area contributed by atoms with E-state index in [1.54, 1.807) is 18.2 Å². The highest BCUT2D eigenvalue weighted by Crippen LogP contribution is 2.05. The van der Waals surface area contributed by atoms with Crippen LogP contribution in [0.2, 0.25) is 0 Å². The van der Waals surface area contributed by atoms with E-state index in [4.69, 9.17) is 0 Å². The first-order chi connectivity index (χ1) is 11.0. The summed E-state index contributed by atoms with van der Waals surface area (Å²) in [6.45, 7) is 3.97. The monoisotopic (exact) mass is 315 g/mol. The largest absolute Gasteiger partial charge is 0.350 e. The molecule has 6 heteroatoms. The smallest absolute Gasteiger partial charge is 0.270 e. The van der Waals surface area contributed by atoms with Gasteiger partial charge in [0.25, 0.3) is 11.8 Å². The number of halogens is 1. The molecule has 1 heterocycles. The summed E-state index contributed by atoms with van der Waals surface area (Å²) in [4.78, 5) is 28.0. The van der Waals surface area contributed by atoms with Gasteiger partial charge in [0.1, 0.15) is 11.5 Å². The highest BCUT2D eigenvalue weighted by Gasteiger charge is 2.12. The first-order valence-corrected chi connectivity index (χ1v) is 7.25. The highest BCUT2D eigenvalue weighted by atomic mass is 19.1. The van der Waals surface area contributed by atoms with Gasteiger partial charge >= 0.3 is 0 Å². The molecule has 0 bridgehead atoms. The van der Waals surface area contributed by atoms with Crippen LogP contribution in [-0.2, 0) is 6.54 Å². The van der Waals surface area contributed by atoms with Crippen molar-refractivity contribution in [2.24, 2.45) is 0 Å². The van der Waals surface area contributed by atoms with Crippen LogP contribution in [0.3, 0.4) is 0 Å². The van der Waals surface area contributed by atoms with Crippen LogP contribution in [0.1, 0.15) is 40.3 Å². The van der Waals surface area contributed by atoms with E-state index in [0.29, 0.717) is 5.56 Å². The van der Waals surface area contributed by atoms with Crippen molar-refractivity contribution >= 4 is 11.8 Å². The van der Waals surface area contributed by atoms with Crippen LogP contribution in [0, 0.1) is 5.82 Å². The Hall–Kier alpha value is -2.76. The molecular weight excluding hydrogens is 297 g/mol. The van der Waals surface area contributed by atoms with Crippen molar-refractivity contribution in [2.75, 3.05) is 0 Å². The Balaban J connectivity index is 2.02. The standard InChI is InChI=1S/C17H18FN3O2/c1-11(2)21-16(22)13-7-8-19-15(9-13)17(23)20-10-12-3-5-14(18)6-4-12/h3-9,11H,10H2,1-2H3,(H,20,23)(H,21,22). The summed E-state index contributed by atoms with van der Waals surface area (Å²) in [5.41, 5.74) is 1.30. The molecule has 0 aliphatic heterocycles. The third kappa shape index (κ3) is 4.88. The summed E-state index contributed by atoms with van der Waals surface area (Å²) >= 11 is 0. The molecule has 0 aliphatic rings. The zero-order valence-corrected chi connectivity index (χ0v) is 13.0. The van der Waals surface area contributed by atoms with E-state index in [1.807, 2.05) is 13.8 Å². The highest BCUT2D eigenvalue weighted by molar-refractivity contribution is 5.98. The van der Waals surface area contributed by atoms with E-state index >= 15 is 0 Å². The molecule has 0 radical (unpaired) electrons. The van der Waals surface area contributed by atoms with Crippen molar-refractivity contribution in [1.29, 1.82) is 0 Å². The van der Waals surface area contributed by atoms with Crippen LogP contribution in [0.15, 0.2) is 42.6 Å². The number of hydrogen-bond donors (Lipinski definition) is 2. The summed E-state index contributed by atoms with van der Waals surface area (Å²) in [5.74, 6) is -0.978. The van der Waals surface area contributed by atoms with Gasteiger partial charge in [-0.2, -0.15) is 0 Å². The fraction of sp³-hybridized carbons (Fsp3) is 0.235. The van der Waals surface area contributed by atoms with Gasteiger partial charge in [-0.3, -0.25) is 14.6 Å². The quantitative estimate of drug-likeness (QED) is 0.889.